The van der Waals surface area contributed by atoms with Gasteiger partial charge in [0, 0.05) is 18.8 Å². The molecule has 2 aromatic rings. The number of piperidine rings is 1. The van der Waals surface area contributed by atoms with Crippen LogP contribution < -0.4 is 10.6 Å². The molecular formula is C15H18ClFN4O. The van der Waals surface area contributed by atoms with Gasteiger partial charge in [-0.3, -0.25) is 4.79 Å². The maximum absolute atomic E-state index is 12.9. The average molecular weight is 325 g/mol. The molecule has 5 nitrogen and oxygen atoms in total. The lowest BCUT2D eigenvalue weighted by Crippen LogP contribution is -2.45. The van der Waals surface area contributed by atoms with E-state index in [4.69, 9.17) is 0 Å². The molecule has 1 aromatic heterocycles. The summed E-state index contributed by atoms with van der Waals surface area (Å²) in [6.07, 6.45) is 3.74. The highest BCUT2D eigenvalue weighted by Gasteiger charge is 2.17. The minimum Gasteiger partial charge on any atom is -0.347 e. The Labute approximate surface area is 134 Å². The van der Waals surface area contributed by atoms with Gasteiger partial charge < -0.3 is 10.6 Å². The summed E-state index contributed by atoms with van der Waals surface area (Å²) in [7, 11) is 0. The van der Waals surface area contributed by atoms with Crippen LogP contribution in [0.1, 0.15) is 23.3 Å². The van der Waals surface area contributed by atoms with E-state index in [1.165, 1.54) is 12.1 Å². The van der Waals surface area contributed by atoms with Gasteiger partial charge in [-0.25, -0.2) is 9.07 Å². The van der Waals surface area contributed by atoms with Crippen LogP contribution in [0.5, 0.6) is 0 Å². The first-order chi connectivity index (χ1) is 10.2. The van der Waals surface area contributed by atoms with Crippen LogP contribution in [0.2, 0.25) is 0 Å². The molecule has 0 saturated carbocycles. The van der Waals surface area contributed by atoms with Crippen molar-refractivity contribution < 1.29 is 9.18 Å². The Bertz CT molecular complexity index is 623. The van der Waals surface area contributed by atoms with Gasteiger partial charge in [0.05, 0.1) is 5.69 Å². The van der Waals surface area contributed by atoms with E-state index in [1.54, 1.807) is 29.1 Å². The fraction of sp³-hybridized carbons (Fsp3) is 0.333. The van der Waals surface area contributed by atoms with Gasteiger partial charge >= 0.3 is 0 Å². The number of carbonyl (C=O) groups excluding carboxylic acids is 1. The number of carbonyl (C=O) groups is 1. The summed E-state index contributed by atoms with van der Waals surface area (Å²) in [4.78, 5) is 12.1. The topological polar surface area (TPSA) is 59.0 Å². The molecule has 1 aliphatic rings. The number of benzene rings is 1. The summed E-state index contributed by atoms with van der Waals surface area (Å²) in [5.41, 5.74) is 1.08. The monoisotopic (exact) mass is 324 g/mol. The molecule has 1 fully saturated rings. The van der Waals surface area contributed by atoms with E-state index in [1.807, 2.05) is 0 Å². The molecule has 7 heteroatoms. The molecule has 1 unspecified atom stereocenters. The summed E-state index contributed by atoms with van der Waals surface area (Å²) in [6, 6.07) is 7.79. The van der Waals surface area contributed by atoms with Crippen LogP contribution in [-0.4, -0.2) is 34.8 Å². The normalized spacial score (nSPS) is 17.6. The first-order valence-corrected chi connectivity index (χ1v) is 7.05. The Morgan fingerprint density at radius 1 is 1.32 bits per heavy atom. The fourth-order valence-corrected chi connectivity index (χ4v) is 2.42. The van der Waals surface area contributed by atoms with Crippen molar-refractivity contribution in [2.75, 3.05) is 13.1 Å². The number of rotatable bonds is 3. The van der Waals surface area contributed by atoms with Gasteiger partial charge in [-0.1, -0.05) is 0 Å². The SMILES string of the molecule is Cl.O=C(NC1CCCNC1)c1ccn(-c2ccc(F)cc2)n1. The molecule has 1 aromatic carbocycles. The maximum atomic E-state index is 12.9. The van der Waals surface area contributed by atoms with Crippen LogP contribution in [-0.2, 0) is 0 Å². The van der Waals surface area contributed by atoms with Gasteiger partial charge in [0.25, 0.3) is 5.91 Å². The van der Waals surface area contributed by atoms with Crippen LogP contribution >= 0.6 is 12.4 Å². The first kappa shape index (κ1) is 16.5. The van der Waals surface area contributed by atoms with E-state index in [2.05, 4.69) is 15.7 Å². The summed E-state index contributed by atoms with van der Waals surface area (Å²) in [5.74, 6) is -0.474. The zero-order chi connectivity index (χ0) is 14.7. The Kier molecular flexibility index (Phi) is 5.51. The second kappa shape index (κ2) is 7.38. The summed E-state index contributed by atoms with van der Waals surface area (Å²) >= 11 is 0. The zero-order valence-electron chi connectivity index (χ0n) is 12.0. The lowest BCUT2D eigenvalue weighted by Gasteiger charge is -2.23. The third kappa shape index (κ3) is 3.84. The van der Waals surface area contributed by atoms with Gasteiger partial charge in [0.15, 0.2) is 5.69 Å². The van der Waals surface area contributed by atoms with Crippen LogP contribution in [0.25, 0.3) is 5.69 Å². The van der Waals surface area contributed by atoms with Crippen molar-refractivity contribution in [3.63, 3.8) is 0 Å². The molecule has 1 atom stereocenters. The van der Waals surface area contributed by atoms with Crippen LogP contribution in [0.15, 0.2) is 36.5 Å². The number of nitrogens with one attached hydrogen (secondary N) is 2. The highest BCUT2D eigenvalue weighted by molar-refractivity contribution is 5.92. The first-order valence-electron chi connectivity index (χ1n) is 7.05. The molecule has 1 aliphatic heterocycles. The quantitative estimate of drug-likeness (QED) is 0.907. The molecule has 118 valence electrons. The molecular weight excluding hydrogens is 307 g/mol. The van der Waals surface area contributed by atoms with Gasteiger partial charge in [-0.05, 0) is 49.7 Å². The number of nitrogens with zero attached hydrogens (tertiary/aromatic N) is 2. The van der Waals surface area contributed by atoms with Crippen LogP contribution in [0, 0.1) is 5.82 Å². The second-order valence-corrected chi connectivity index (χ2v) is 5.14. The van der Waals surface area contributed by atoms with Gasteiger partial charge in [-0.2, -0.15) is 5.10 Å². The smallest absolute Gasteiger partial charge is 0.272 e. The van der Waals surface area contributed by atoms with Crippen molar-refractivity contribution in [2.24, 2.45) is 0 Å². The second-order valence-electron chi connectivity index (χ2n) is 5.14. The molecule has 0 bridgehead atoms. The molecule has 2 N–H and O–H groups in total. The highest BCUT2D eigenvalue weighted by atomic mass is 35.5. The fourth-order valence-electron chi connectivity index (χ4n) is 2.42. The van der Waals surface area contributed by atoms with Gasteiger partial charge in [-0.15, -0.1) is 12.4 Å². The van der Waals surface area contributed by atoms with Crippen molar-refractivity contribution in [3.8, 4) is 5.69 Å². The molecule has 0 aliphatic carbocycles. The maximum Gasteiger partial charge on any atom is 0.272 e. The summed E-state index contributed by atoms with van der Waals surface area (Å²) in [5, 5.41) is 10.5. The van der Waals surface area contributed by atoms with Gasteiger partial charge in [0.2, 0.25) is 0 Å². The molecule has 1 saturated heterocycles. The lowest BCUT2D eigenvalue weighted by atomic mass is 10.1. The van der Waals surface area contributed by atoms with E-state index in [9.17, 15) is 9.18 Å². The molecule has 0 radical (unpaired) electrons. The highest BCUT2D eigenvalue weighted by Crippen LogP contribution is 2.09. The number of halogens is 2. The third-order valence-electron chi connectivity index (χ3n) is 3.54. The van der Waals surface area contributed by atoms with E-state index in [0.717, 1.165) is 31.6 Å². The van der Waals surface area contributed by atoms with Crippen molar-refractivity contribution in [1.29, 1.82) is 0 Å². The minimum absolute atomic E-state index is 0. The number of aromatic nitrogens is 2. The predicted octanol–water partition coefficient (Wildman–Crippen LogP) is 1.92. The van der Waals surface area contributed by atoms with Crippen LogP contribution in [0.3, 0.4) is 0 Å². The molecule has 2 heterocycles. The Morgan fingerprint density at radius 2 is 2.09 bits per heavy atom. The summed E-state index contributed by atoms with van der Waals surface area (Å²) in [6.45, 7) is 1.80. The van der Waals surface area contributed by atoms with Crippen molar-refractivity contribution in [3.05, 3.63) is 48.0 Å². The van der Waals surface area contributed by atoms with E-state index >= 15 is 0 Å². The van der Waals surface area contributed by atoms with Crippen molar-refractivity contribution >= 4 is 18.3 Å². The van der Waals surface area contributed by atoms with Crippen LogP contribution in [0.4, 0.5) is 4.39 Å². The van der Waals surface area contributed by atoms with Gasteiger partial charge in [0.1, 0.15) is 5.82 Å². The van der Waals surface area contributed by atoms with Crippen molar-refractivity contribution in [2.45, 2.75) is 18.9 Å². The molecule has 0 spiro atoms. The Hall–Kier alpha value is -1.92. The third-order valence-corrected chi connectivity index (χ3v) is 3.54. The average Bonchev–Trinajstić information content (AvgIpc) is 2.99. The van der Waals surface area contributed by atoms with E-state index in [0.29, 0.717) is 5.69 Å². The Balaban J connectivity index is 0.00000176. The number of amides is 1. The molecule has 1 amide bonds. The minimum atomic E-state index is -0.298. The standard InChI is InChI=1S/C15H17FN4O.ClH/c16-11-3-5-13(6-4-11)20-9-7-14(19-20)15(21)18-12-2-1-8-17-10-12;/h3-7,9,12,17H,1-2,8,10H2,(H,18,21);1H. The lowest BCUT2D eigenvalue weighted by molar-refractivity contribution is 0.0925. The molecule has 22 heavy (non-hydrogen) atoms. The summed E-state index contributed by atoms with van der Waals surface area (Å²) < 4.78 is 14.5. The predicted molar refractivity (Wildman–Crippen MR) is 84.1 cm³/mol. The van der Waals surface area contributed by atoms with E-state index in [-0.39, 0.29) is 30.2 Å². The zero-order valence-corrected chi connectivity index (χ0v) is 12.8. The van der Waals surface area contributed by atoms with Crippen molar-refractivity contribution in [1.82, 2.24) is 20.4 Å². The largest absolute Gasteiger partial charge is 0.347 e. The number of hydrogen-bond donors (Lipinski definition) is 2. The molecule has 3 rings (SSSR count). The Morgan fingerprint density at radius 3 is 2.77 bits per heavy atom. The van der Waals surface area contributed by atoms with E-state index < -0.39 is 0 Å². The number of hydrogen-bond acceptors (Lipinski definition) is 3.